The molecule has 0 saturated carbocycles. The zero-order valence-corrected chi connectivity index (χ0v) is 21.7. The average Bonchev–Trinajstić information content (AvgIpc) is 3.34. The van der Waals surface area contributed by atoms with E-state index in [2.05, 4.69) is 19.9 Å². The Labute approximate surface area is 211 Å². The van der Waals surface area contributed by atoms with Crippen molar-refractivity contribution in [1.82, 2.24) is 19.9 Å². The molecule has 0 aliphatic rings. The van der Waals surface area contributed by atoms with Crippen molar-refractivity contribution in [2.75, 3.05) is 25.6 Å². The van der Waals surface area contributed by atoms with Gasteiger partial charge in [-0.05, 0) is 89.3 Å². The minimum absolute atomic E-state index is 0.131. The Bertz CT molecular complexity index is 1040. The molecule has 1 N–H and O–H groups in total. The highest BCUT2D eigenvalue weighted by atomic mass is 32.2. The normalized spacial score (nSPS) is 11.5. The highest BCUT2D eigenvalue weighted by Crippen LogP contribution is 2.26. The average molecular weight is 501 g/mol. The summed E-state index contributed by atoms with van der Waals surface area (Å²) >= 11 is 1.72. The second kappa shape index (κ2) is 13.9. The Morgan fingerprint density at radius 2 is 1.63 bits per heavy atom. The van der Waals surface area contributed by atoms with Gasteiger partial charge < -0.3 is 19.2 Å². The molecule has 3 rings (SSSR count). The minimum atomic E-state index is -0.447. The van der Waals surface area contributed by atoms with Crippen molar-refractivity contribution in [2.24, 2.45) is 5.41 Å². The van der Waals surface area contributed by atoms with Crippen LogP contribution in [0.2, 0.25) is 0 Å². The van der Waals surface area contributed by atoms with Gasteiger partial charge in [0.1, 0.15) is 28.4 Å². The molecule has 35 heavy (non-hydrogen) atoms. The lowest BCUT2D eigenvalue weighted by Crippen LogP contribution is -2.26. The summed E-state index contributed by atoms with van der Waals surface area (Å²) in [5.41, 5.74) is 1.17. The topological polar surface area (TPSA) is 99.2 Å². The summed E-state index contributed by atoms with van der Waals surface area (Å²) in [7, 11) is 0. The molecule has 0 atom stereocenters. The third-order valence-corrected chi connectivity index (χ3v) is 6.66. The van der Waals surface area contributed by atoms with E-state index in [-0.39, 0.29) is 5.97 Å². The number of rotatable bonds is 16. The van der Waals surface area contributed by atoms with Gasteiger partial charge in [0.2, 0.25) is 0 Å². The molecule has 0 spiro atoms. The van der Waals surface area contributed by atoms with Crippen molar-refractivity contribution in [3.05, 3.63) is 36.9 Å². The van der Waals surface area contributed by atoms with Crippen LogP contribution in [0, 0.1) is 5.41 Å². The second-order valence-corrected chi connectivity index (χ2v) is 10.0. The number of nitrogens with one attached hydrogen (secondary N) is 1. The number of esters is 1. The number of carbonyl (C=O) groups is 1. The fourth-order valence-electron chi connectivity index (χ4n) is 3.51. The van der Waals surface area contributed by atoms with E-state index in [0.29, 0.717) is 19.8 Å². The largest absolute Gasteiger partial charge is 0.494 e. The second-order valence-electron chi connectivity index (χ2n) is 8.92. The summed E-state index contributed by atoms with van der Waals surface area (Å²) in [6, 6.07) is 7.76. The Kier molecular flexibility index (Phi) is 10.7. The SMILES string of the molecule is CCOC(=O)C(C)(C)CCCCOc1ccc(OCCCCCSc2ncnc3[nH]cnc23)cc1. The van der Waals surface area contributed by atoms with Gasteiger partial charge in [0.15, 0.2) is 5.65 Å². The summed E-state index contributed by atoms with van der Waals surface area (Å²) in [5.74, 6) is 2.54. The maximum absolute atomic E-state index is 11.9. The van der Waals surface area contributed by atoms with Crippen LogP contribution in [-0.2, 0) is 9.53 Å². The molecule has 0 radical (unpaired) electrons. The third-order valence-electron chi connectivity index (χ3n) is 5.60. The number of imidazole rings is 1. The van der Waals surface area contributed by atoms with Crippen LogP contribution >= 0.6 is 11.8 Å². The number of unbranched alkanes of at least 4 members (excludes halogenated alkanes) is 3. The first-order valence-corrected chi connectivity index (χ1v) is 13.3. The number of aromatic nitrogens is 4. The lowest BCUT2D eigenvalue weighted by atomic mass is 9.87. The first-order chi connectivity index (χ1) is 17.0. The number of ether oxygens (including phenoxy) is 3. The van der Waals surface area contributed by atoms with E-state index in [4.69, 9.17) is 14.2 Å². The molecule has 0 amide bonds. The number of thioether (sulfide) groups is 1. The Morgan fingerprint density at radius 3 is 2.31 bits per heavy atom. The number of carbonyl (C=O) groups excluding carboxylic acids is 1. The van der Waals surface area contributed by atoms with Crippen molar-refractivity contribution >= 4 is 28.9 Å². The van der Waals surface area contributed by atoms with Crippen LogP contribution in [0.5, 0.6) is 11.5 Å². The summed E-state index contributed by atoms with van der Waals surface area (Å²) in [5, 5.41) is 0.926. The minimum Gasteiger partial charge on any atom is -0.494 e. The first-order valence-electron chi connectivity index (χ1n) is 12.3. The summed E-state index contributed by atoms with van der Waals surface area (Å²) < 4.78 is 16.8. The molecule has 0 bridgehead atoms. The first kappa shape index (κ1) is 26.8. The molecule has 1 aromatic carbocycles. The molecule has 0 unspecified atom stereocenters. The number of aromatic amines is 1. The van der Waals surface area contributed by atoms with E-state index < -0.39 is 5.41 Å². The van der Waals surface area contributed by atoms with Crippen LogP contribution < -0.4 is 9.47 Å². The molecule has 0 aliphatic heterocycles. The molecule has 0 aliphatic carbocycles. The number of hydrogen-bond donors (Lipinski definition) is 1. The van der Waals surface area contributed by atoms with Gasteiger partial charge in [0, 0.05) is 0 Å². The quantitative estimate of drug-likeness (QED) is 0.113. The highest BCUT2D eigenvalue weighted by molar-refractivity contribution is 7.99. The molecular weight excluding hydrogens is 464 g/mol. The van der Waals surface area contributed by atoms with Gasteiger partial charge in [-0.15, -0.1) is 11.8 Å². The Hall–Kier alpha value is -2.81. The molecule has 0 saturated heterocycles. The van der Waals surface area contributed by atoms with Crippen molar-refractivity contribution < 1.29 is 19.0 Å². The maximum Gasteiger partial charge on any atom is 0.311 e. The van der Waals surface area contributed by atoms with Crippen LogP contribution in [0.15, 0.2) is 41.9 Å². The molecule has 0 fully saturated rings. The maximum atomic E-state index is 11.9. The van der Waals surface area contributed by atoms with E-state index in [1.54, 1.807) is 24.4 Å². The van der Waals surface area contributed by atoms with Crippen molar-refractivity contribution in [2.45, 2.75) is 64.3 Å². The van der Waals surface area contributed by atoms with E-state index in [0.717, 1.165) is 72.0 Å². The van der Waals surface area contributed by atoms with Gasteiger partial charge in [-0.2, -0.15) is 0 Å². The molecule has 9 heteroatoms. The Morgan fingerprint density at radius 1 is 0.943 bits per heavy atom. The van der Waals surface area contributed by atoms with Crippen molar-refractivity contribution in [1.29, 1.82) is 0 Å². The number of fused-ring (bicyclic) bond motifs is 1. The summed E-state index contributed by atoms with van der Waals surface area (Å²) in [6.45, 7) is 7.44. The standard InChI is InChI=1S/C26H36N4O4S/c1-4-32-25(31)26(2,3)14-6-8-16-34-21-12-10-20(11-13-21)33-15-7-5-9-17-35-24-22-23(28-18-27-22)29-19-30-24/h10-13,18-19H,4-9,14-17H2,1-3H3,(H,27,28,29,30). The predicted octanol–water partition coefficient (Wildman–Crippen LogP) is 5.83. The summed E-state index contributed by atoms with van der Waals surface area (Å²) in [6.07, 6.45) is 9.00. The Balaban J connectivity index is 1.23. The fraction of sp³-hybridized carbons (Fsp3) is 0.538. The monoisotopic (exact) mass is 500 g/mol. The smallest absolute Gasteiger partial charge is 0.311 e. The van der Waals surface area contributed by atoms with Crippen molar-refractivity contribution in [3.8, 4) is 11.5 Å². The summed E-state index contributed by atoms with van der Waals surface area (Å²) in [4.78, 5) is 27.7. The number of H-pyrrole nitrogens is 1. The molecule has 2 heterocycles. The van der Waals surface area contributed by atoms with Crippen molar-refractivity contribution in [3.63, 3.8) is 0 Å². The van der Waals surface area contributed by atoms with Crippen LogP contribution in [0.25, 0.3) is 11.2 Å². The van der Waals surface area contributed by atoms with Gasteiger partial charge in [0.05, 0.1) is 31.6 Å². The van der Waals surface area contributed by atoms with Gasteiger partial charge in [0.25, 0.3) is 0 Å². The fourth-order valence-corrected chi connectivity index (χ4v) is 4.46. The van der Waals surface area contributed by atoms with E-state index in [1.807, 2.05) is 45.0 Å². The van der Waals surface area contributed by atoms with Crippen LogP contribution in [0.1, 0.15) is 59.3 Å². The van der Waals surface area contributed by atoms with Crippen LogP contribution in [-0.4, -0.2) is 51.5 Å². The third kappa shape index (κ3) is 8.72. The lowest BCUT2D eigenvalue weighted by molar-refractivity contribution is -0.153. The molecular formula is C26H36N4O4S. The van der Waals surface area contributed by atoms with Crippen LogP contribution in [0.3, 0.4) is 0 Å². The van der Waals surface area contributed by atoms with Gasteiger partial charge in [-0.1, -0.05) is 0 Å². The van der Waals surface area contributed by atoms with Crippen LogP contribution in [0.4, 0.5) is 0 Å². The van der Waals surface area contributed by atoms with Gasteiger partial charge >= 0.3 is 5.97 Å². The van der Waals surface area contributed by atoms with E-state index >= 15 is 0 Å². The number of nitrogens with zero attached hydrogens (tertiary/aromatic N) is 3. The number of hydrogen-bond acceptors (Lipinski definition) is 8. The number of benzene rings is 1. The molecule has 190 valence electrons. The van der Waals surface area contributed by atoms with E-state index in [9.17, 15) is 4.79 Å². The molecule has 8 nitrogen and oxygen atoms in total. The van der Waals surface area contributed by atoms with E-state index in [1.165, 1.54) is 0 Å². The zero-order valence-electron chi connectivity index (χ0n) is 20.9. The zero-order chi connectivity index (χ0) is 24.9. The molecule has 3 aromatic rings. The molecule has 2 aromatic heterocycles. The predicted molar refractivity (Wildman–Crippen MR) is 138 cm³/mol. The van der Waals surface area contributed by atoms with Gasteiger partial charge in [-0.3, -0.25) is 4.79 Å². The van der Waals surface area contributed by atoms with Gasteiger partial charge in [-0.25, -0.2) is 15.0 Å². The lowest BCUT2D eigenvalue weighted by Gasteiger charge is -2.21. The highest BCUT2D eigenvalue weighted by Gasteiger charge is 2.28.